The van der Waals surface area contributed by atoms with Crippen molar-refractivity contribution in [2.45, 2.75) is 71.2 Å². The summed E-state index contributed by atoms with van der Waals surface area (Å²) in [4.78, 5) is 25.4. The minimum Gasteiger partial charge on any atom is -0.458 e. The van der Waals surface area contributed by atoms with Gasteiger partial charge in [0.05, 0.1) is 18.1 Å². The van der Waals surface area contributed by atoms with Gasteiger partial charge in [0.2, 0.25) is 0 Å². The largest absolute Gasteiger partial charge is 0.458 e. The van der Waals surface area contributed by atoms with E-state index in [-0.39, 0.29) is 47.9 Å². The lowest BCUT2D eigenvalue weighted by molar-refractivity contribution is -0.188. The van der Waals surface area contributed by atoms with Crippen LogP contribution in [0.4, 0.5) is 0 Å². The lowest BCUT2D eigenvalue weighted by Crippen LogP contribution is -2.61. The predicted molar refractivity (Wildman–Crippen MR) is 110 cm³/mol. The van der Waals surface area contributed by atoms with Gasteiger partial charge >= 0.3 is 5.97 Å². The molecule has 0 radical (unpaired) electrons. The van der Waals surface area contributed by atoms with Gasteiger partial charge in [0.25, 0.3) is 0 Å². The number of ether oxygens (including phenoxy) is 1. The Labute approximate surface area is 178 Å². The van der Waals surface area contributed by atoms with Crippen molar-refractivity contribution in [3.05, 3.63) is 23.3 Å². The van der Waals surface area contributed by atoms with Crippen LogP contribution in [-0.2, 0) is 14.3 Å². The summed E-state index contributed by atoms with van der Waals surface area (Å²) in [5.74, 6) is -2.62. The maximum absolute atomic E-state index is 12.9. The molecule has 0 aliphatic heterocycles. The molecule has 6 heteroatoms. The number of fused-ring (bicyclic) bond motifs is 5. The Hall–Kier alpha value is -1.50. The first kappa shape index (κ1) is 21.7. The molecule has 6 nitrogen and oxygen atoms in total. The van der Waals surface area contributed by atoms with Crippen molar-refractivity contribution in [1.82, 2.24) is 0 Å². The fourth-order valence-electron chi connectivity index (χ4n) is 6.90. The zero-order valence-corrected chi connectivity index (χ0v) is 18.7. The third-order valence-electron chi connectivity index (χ3n) is 8.63. The van der Waals surface area contributed by atoms with Crippen molar-refractivity contribution in [2.75, 3.05) is 6.61 Å². The number of esters is 1. The second-order valence-electron chi connectivity index (χ2n) is 10.9. The lowest BCUT2D eigenvalue weighted by atomic mass is 9.60. The van der Waals surface area contributed by atoms with Gasteiger partial charge in [0, 0.05) is 29.6 Å². The van der Waals surface area contributed by atoms with E-state index in [1.54, 1.807) is 26.8 Å². The zero-order chi connectivity index (χ0) is 22.4. The van der Waals surface area contributed by atoms with Gasteiger partial charge in [-0.05, 0) is 30.4 Å². The third-order valence-corrected chi connectivity index (χ3v) is 8.63. The fraction of sp³-hybridized carbons (Fsp3) is 0.750. The van der Waals surface area contributed by atoms with E-state index in [4.69, 9.17) is 4.74 Å². The van der Waals surface area contributed by atoms with Crippen LogP contribution in [0.1, 0.15) is 54.4 Å². The van der Waals surface area contributed by atoms with Gasteiger partial charge < -0.3 is 20.1 Å². The number of Topliss-reactive ketones (excluding diaryl/α,β-unsaturated/α-hetero) is 1. The molecule has 0 bridgehead atoms. The molecule has 0 saturated heterocycles. The summed E-state index contributed by atoms with van der Waals surface area (Å²) in [6.07, 6.45) is 4.02. The van der Waals surface area contributed by atoms with E-state index in [0.717, 1.165) is 0 Å². The highest BCUT2D eigenvalue weighted by Crippen LogP contribution is 2.76. The van der Waals surface area contributed by atoms with Gasteiger partial charge in [-0.1, -0.05) is 46.8 Å². The van der Waals surface area contributed by atoms with Gasteiger partial charge in [-0.3, -0.25) is 9.59 Å². The maximum Gasteiger partial charge on any atom is 0.308 e. The van der Waals surface area contributed by atoms with E-state index in [9.17, 15) is 24.9 Å². The third kappa shape index (κ3) is 2.41. The molecular weight excluding hydrogens is 384 g/mol. The van der Waals surface area contributed by atoms with Crippen LogP contribution in [0, 0.1) is 35.0 Å². The maximum atomic E-state index is 12.9. The van der Waals surface area contributed by atoms with Crippen molar-refractivity contribution in [2.24, 2.45) is 35.0 Å². The molecule has 0 amide bonds. The van der Waals surface area contributed by atoms with Gasteiger partial charge in [-0.15, -0.1) is 0 Å². The zero-order valence-electron chi connectivity index (χ0n) is 18.7. The van der Waals surface area contributed by atoms with E-state index < -0.39 is 28.6 Å². The molecule has 0 spiro atoms. The van der Waals surface area contributed by atoms with Crippen molar-refractivity contribution in [1.29, 1.82) is 0 Å². The number of ketones is 1. The average Bonchev–Trinajstić information content (AvgIpc) is 3.06. The lowest BCUT2D eigenvalue weighted by Gasteiger charge is -2.50. The molecule has 2 fully saturated rings. The summed E-state index contributed by atoms with van der Waals surface area (Å²) >= 11 is 0. The number of hydrogen-bond donors (Lipinski definition) is 3. The van der Waals surface area contributed by atoms with E-state index in [1.807, 2.05) is 26.8 Å². The molecule has 30 heavy (non-hydrogen) atoms. The van der Waals surface area contributed by atoms with Crippen molar-refractivity contribution in [3.8, 4) is 0 Å². The summed E-state index contributed by atoms with van der Waals surface area (Å²) < 4.78 is 6.10. The summed E-state index contributed by atoms with van der Waals surface area (Å²) in [6, 6.07) is 0. The Balaban J connectivity index is 1.86. The number of rotatable bonds is 3. The van der Waals surface area contributed by atoms with Gasteiger partial charge in [0.15, 0.2) is 5.78 Å². The molecule has 4 aliphatic carbocycles. The van der Waals surface area contributed by atoms with Crippen LogP contribution in [0.15, 0.2) is 23.3 Å². The minimum atomic E-state index is -1.76. The van der Waals surface area contributed by atoms with E-state index in [2.05, 4.69) is 0 Å². The number of hydrogen-bond acceptors (Lipinski definition) is 6. The SMILES string of the molecule is CC1=C[C@H]2[C@@]3(O)[C@H](C)C[C@]4(OC(=O)C(C)C)[C@H]([C@@H]3C=C(CO)C[C@]2(O)C1=O)C4(C)C. The van der Waals surface area contributed by atoms with E-state index in [0.29, 0.717) is 17.6 Å². The van der Waals surface area contributed by atoms with Gasteiger partial charge in [0.1, 0.15) is 11.2 Å². The molecule has 2 saturated carbocycles. The fourth-order valence-corrected chi connectivity index (χ4v) is 6.90. The molecule has 0 heterocycles. The first-order valence-electron chi connectivity index (χ1n) is 11.0. The minimum absolute atomic E-state index is 0.00169. The molecule has 0 unspecified atom stereocenters. The molecule has 7 atom stereocenters. The van der Waals surface area contributed by atoms with Crippen LogP contribution in [-0.4, -0.2) is 50.5 Å². The Kier molecular flexibility index (Phi) is 4.54. The first-order chi connectivity index (χ1) is 13.8. The molecule has 0 aromatic heterocycles. The monoisotopic (exact) mass is 418 g/mol. The van der Waals surface area contributed by atoms with Crippen LogP contribution in [0.2, 0.25) is 0 Å². The molecule has 0 aromatic rings. The van der Waals surface area contributed by atoms with Crippen LogP contribution >= 0.6 is 0 Å². The number of aliphatic hydroxyl groups is 3. The normalized spacial score (nSPS) is 46.3. The second-order valence-corrected chi connectivity index (χ2v) is 10.9. The Morgan fingerprint density at radius 3 is 2.47 bits per heavy atom. The molecule has 0 aromatic carbocycles. The number of carbonyl (C=O) groups is 2. The highest BCUT2D eigenvalue weighted by molar-refractivity contribution is 6.04. The number of aliphatic hydroxyl groups excluding tert-OH is 1. The molecule has 3 N–H and O–H groups in total. The van der Waals surface area contributed by atoms with Crippen LogP contribution in [0.5, 0.6) is 0 Å². The molecular formula is C24H34O6. The van der Waals surface area contributed by atoms with Crippen molar-refractivity contribution in [3.63, 3.8) is 0 Å². The predicted octanol–water partition coefficient (Wildman–Crippen LogP) is 2.17. The van der Waals surface area contributed by atoms with Crippen LogP contribution in [0.25, 0.3) is 0 Å². The second kappa shape index (κ2) is 6.27. The smallest absolute Gasteiger partial charge is 0.308 e. The number of carbonyl (C=O) groups excluding carboxylic acids is 2. The van der Waals surface area contributed by atoms with Gasteiger partial charge in [-0.2, -0.15) is 0 Å². The first-order valence-corrected chi connectivity index (χ1v) is 11.0. The van der Waals surface area contributed by atoms with Crippen LogP contribution < -0.4 is 0 Å². The molecule has 4 rings (SSSR count). The van der Waals surface area contributed by atoms with E-state index >= 15 is 0 Å². The van der Waals surface area contributed by atoms with Gasteiger partial charge in [-0.25, -0.2) is 0 Å². The molecule has 166 valence electrons. The quantitative estimate of drug-likeness (QED) is 0.479. The topological polar surface area (TPSA) is 104 Å². The summed E-state index contributed by atoms with van der Waals surface area (Å²) in [6.45, 7) is 11.0. The highest BCUT2D eigenvalue weighted by Gasteiger charge is 2.83. The average molecular weight is 419 g/mol. The Morgan fingerprint density at radius 1 is 1.27 bits per heavy atom. The van der Waals surface area contributed by atoms with Crippen LogP contribution in [0.3, 0.4) is 0 Å². The van der Waals surface area contributed by atoms with Crippen molar-refractivity contribution >= 4 is 11.8 Å². The Morgan fingerprint density at radius 2 is 1.90 bits per heavy atom. The summed E-state index contributed by atoms with van der Waals surface area (Å²) in [5, 5.41) is 33.6. The Bertz CT molecular complexity index is 869. The van der Waals surface area contributed by atoms with E-state index in [1.165, 1.54) is 0 Å². The van der Waals surface area contributed by atoms with Crippen molar-refractivity contribution < 1.29 is 29.6 Å². The molecule has 4 aliphatic rings. The standard InChI is InChI=1S/C24H34O6/c1-12(2)20(27)30-23-9-14(4)24(29)16(18(23)21(23,5)6)8-15(11-25)10-22(28)17(24)7-13(3)19(22)26/h7-8,12,14,16-18,25,28-29H,9-11H2,1-6H3/t14-,16+,17-,18-,22-,23+,24-/m1/s1. The summed E-state index contributed by atoms with van der Waals surface area (Å²) in [7, 11) is 0. The highest BCUT2D eigenvalue weighted by atomic mass is 16.6. The summed E-state index contributed by atoms with van der Waals surface area (Å²) in [5.41, 5.74) is -3.23.